The molecule has 0 aliphatic carbocycles. The predicted octanol–water partition coefficient (Wildman–Crippen LogP) is 4.42. The van der Waals surface area contributed by atoms with E-state index in [0.29, 0.717) is 6.42 Å². The van der Waals surface area contributed by atoms with Crippen molar-refractivity contribution < 1.29 is 4.79 Å². The second kappa shape index (κ2) is 11.9. The summed E-state index contributed by atoms with van der Waals surface area (Å²) in [5.74, 6) is 0.772. The molecule has 0 spiro atoms. The third kappa shape index (κ3) is 11.7. The van der Waals surface area contributed by atoms with Crippen LogP contribution in [0, 0.1) is 5.92 Å². The van der Waals surface area contributed by atoms with E-state index in [0.717, 1.165) is 18.8 Å². The van der Waals surface area contributed by atoms with Gasteiger partial charge in [0.25, 0.3) is 0 Å². The molecule has 1 unspecified atom stereocenters. The monoisotopic (exact) mass is 241 g/mol. The van der Waals surface area contributed by atoms with Crippen LogP contribution in [0.5, 0.6) is 0 Å². The number of rotatable bonds is 12. The van der Waals surface area contributed by atoms with Gasteiger partial charge in [-0.2, -0.15) is 0 Å². The standard InChI is InChI=1S/C15H31NO/c1-3-5-8-11-14(4-2)12-9-6-7-10-13-15(16)17/h14H,3-13H2,1-2H3,(H2,16,17). The molecular formula is C15H31NO. The molecule has 0 aromatic rings. The van der Waals surface area contributed by atoms with E-state index < -0.39 is 0 Å². The molecule has 2 heteroatoms. The molecule has 1 atom stereocenters. The Balaban J connectivity index is 3.33. The molecular weight excluding hydrogens is 210 g/mol. The van der Waals surface area contributed by atoms with Crippen LogP contribution in [0.4, 0.5) is 0 Å². The first-order valence-corrected chi connectivity index (χ1v) is 7.49. The van der Waals surface area contributed by atoms with Gasteiger partial charge in [0.05, 0.1) is 0 Å². The number of primary amides is 1. The molecule has 1 amide bonds. The first-order valence-electron chi connectivity index (χ1n) is 7.49. The van der Waals surface area contributed by atoms with Gasteiger partial charge in [0.15, 0.2) is 0 Å². The van der Waals surface area contributed by atoms with Crippen LogP contribution in [0.1, 0.15) is 84.5 Å². The summed E-state index contributed by atoms with van der Waals surface area (Å²) in [7, 11) is 0. The third-order valence-corrected chi connectivity index (χ3v) is 3.58. The number of carbonyl (C=O) groups is 1. The molecule has 0 aromatic heterocycles. The normalized spacial score (nSPS) is 12.6. The summed E-state index contributed by atoms with van der Waals surface area (Å²) < 4.78 is 0. The fraction of sp³-hybridized carbons (Fsp3) is 0.933. The van der Waals surface area contributed by atoms with Crippen LogP contribution < -0.4 is 5.73 Å². The van der Waals surface area contributed by atoms with Crippen molar-refractivity contribution in [3.05, 3.63) is 0 Å². The van der Waals surface area contributed by atoms with Crippen molar-refractivity contribution in [2.45, 2.75) is 84.5 Å². The van der Waals surface area contributed by atoms with E-state index in [-0.39, 0.29) is 5.91 Å². The number of amides is 1. The van der Waals surface area contributed by atoms with Gasteiger partial charge in [0.2, 0.25) is 5.91 Å². The summed E-state index contributed by atoms with van der Waals surface area (Å²) in [6.07, 6.45) is 13.5. The molecule has 0 bridgehead atoms. The molecule has 0 fully saturated rings. The second-order valence-electron chi connectivity index (χ2n) is 5.19. The summed E-state index contributed by atoms with van der Waals surface area (Å²) in [5.41, 5.74) is 5.11. The highest BCUT2D eigenvalue weighted by molar-refractivity contribution is 5.73. The van der Waals surface area contributed by atoms with Crippen molar-refractivity contribution in [2.24, 2.45) is 11.7 Å². The van der Waals surface area contributed by atoms with Crippen LogP contribution >= 0.6 is 0 Å². The molecule has 2 N–H and O–H groups in total. The van der Waals surface area contributed by atoms with Crippen molar-refractivity contribution in [1.29, 1.82) is 0 Å². The van der Waals surface area contributed by atoms with Gasteiger partial charge in [0.1, 0.15) is 0 Å². The molecule has 0 aliphatic heterocycles. The Morgan fingerprint density at radius 3 is 2.06 bits per heavy atom. The highest BCUT2D eigenvalue weighted by Crippen LogP contribution is 2.20. The maximum Gasteiger partial charge on any atom is 0.217 e. The van der Waals surface area contributed by atoms with Crippen molar-refractivity contribution in [3.8, 4) is 0 Å². The molecule has 0 saturated heterocycles. The highest BCUT2D eigenvalue weighted by atomic mass is 16.1. The van der Waals surface area contributed by atoms with E-state index in [4.69, 9.17) is 5.73 Å². The number of hydrogen-bond donors (Lipinski definition) is 1. The van der Waals surface area contributed by atoms with Crippen molar-refractivity contribution in [3.63, 3.8) is 0 Å². The fourth-order valence-electron chi connectivity index (χ4n) is 2.32. The van der Waals surface area contributed by atoms with Crippen LogP contribution in [0.15, 0.2) is 0 Å². The average molecular weight is 241 g/mol. The van der Waals surface area contributed by atoms with Crippen LogP contribution in [0.3, 0.4) is 0 Å². The van der Waals surface area contributed by atoms with E-state index in [9.17, 15) is 4.79 Å². The molecule has 0 rings (SSSR count). The van der Waals surface area contributed by atoms with Gasteiger partial charge in [-0.05, 0) is 12.3 Å². The lowest BCUT2D eigenvalue weighted by molar-refractivity contribution is -0.118. The lowest BCUT2D eigenvalue weighted by Gasteiger charge is -2.14. The van der Waals surface area contributed by atoms with E-state index >= 15 is 0 Å². The zero-order chi connectivity index (χ0) is 12.9. The fourth-order valence-corrected chi connectivity index (χ4v) is 2.32. The maximum absolute atomic E-state index is 10.6. The molecule has 17 heavy (non-hydrogen) atoms. The molecule has 0 radical (unpaired) electrons. The van der Waals surface area contributed by atoms with Crippen LogP contribution in [0.25, 0.3) is 0 Å². The topological polar surface area (TPSA) is 43.1 Å². The second-order valence-corrected chi connectivity index (χ2v) is 5.19. The van der Waals surface area contributed by atoms with Gasteiger partial charge in [0, 0.05) is 6.42 Å². The number of hydrogen-bond acceptors (Lipinski definition) is 1. The zero-order valence-corrected chi connectivity index (χ0v) is 11.8. The van der Waals surface area contributed by atoms with Crippen molar-refractivity contribution in [2.75, 3.05) is 0 Å². The Morgan fingerprint density at radius 2 is 1.53 bits per heavy atom. The summed E-state index contributed by atoms with van der Waals surface area (Å²) >= 11 is 0. The molecule has 0 aliphatic rings. The first kappa shape index (κ1) is 16.5. The van der Waals surface area contributed by atoms with E-state index in [1.165, 1.54) is 51.4 Å². The lowest BCUT2D eigenvalue weighted by atomic mass is 9.92. The van der Waals surface area contributed by atoms with E-state index in [1.807, 2.05) is 0 Å². The summed E-state index contributed by atoms with van der Waals surface area (Å²) in [6, 6.07) is 0. The van der Waals surface area contributed by atoms with Crippen LogP contribution in [-0.2, 0) is 4.79 Å². The molecule has 0 aromatic carbocycles. The quantitative estimate of drug-likeness (QED) is 0.505. The smallest absolute Gasteiger partial charge is 0.217 e. The Hall–Kier alpha value is -0.530. The largest absolute Gasteiger partial charge is 0.370 e. The number of carbonyl (C=O) groups excluding carboxylic acids is 1. The van der Waals surface area contributed by atoms with Gasteiger partial charge in [-0.1, -0.05) is 71.6 Å². The first-order chi connectivity index (χ1) is 8.20. The highest BCUT2D eigenvalue weighted by Gasteiger charge is 2.05. The maximum atomic E-state index is 10.6. The van der Waals surface area contributed by atoms with Crippen LogP contribution in [0.2, 0.25) is 0 Å². The summed E-state index contributed by atoms with van der Waals surface area (Å²) in [6.45, 7) is 4.57. The minimum atomic E-state index is -0.156. The molecule has 0 saturated carbocycles. The Labute approximate surface area is 107 Å². The molecule has 2 nitrogen and oxygen atoms in total. The minimum Gasteiger partial charge on any atom is -0.370 e. The minimum absolute atomic E-state index is 0.156. The predicted molar refractivity (Wildman–Crippen MR) is 74.8 cm³/mol. The average Bonchev–Trinajstić information content (AvgIpc) is 2.31. The van der Waals surface area contributed by atoms with Crippen LogP contribution in [-0.4, -0.2) is 5.91 Å². The lowest BCUT2D eigenvalue weighted by Crippen LogP contribution is -2.09. The van der Waals surface area contributed by atoms with Gasteiger partial charge >= 0.3 is 0 Å². The summed E-state index contributed by atoms with van der Waals surface area (Å²) in [4.78, 5) is 10.6. The zero-order valence-electron chi connectivity index (χ0n) is 11.8. The van der Waals surface area contributed by atoms with Gasteiger partial charge in [-0.25, -0.2) is 0 Å². The van der Waals surface area contributed by atoms with Gasteiger partial charge in [-0.3, -0.25) is 4.79 Å². The summed E-state index contributed by atoms with van der Waals surface area (Å²) in [5, 5.41) is 0. The van der Waals surface area contributed by atoms with Gasteiger partial charge < -0.3 is 5.73 Å². The SMILES string of the molecule is CCCCCC(CC)CCCCCCC(N)=O. The Kier molecular flexibility index (Phi) is 11.6. The molecule has 0 heterocycles. The van der Waals surface area contributed by atoms with Crippen molar-refractivity contribution in [1.82, 2.24) is 0 Å². The Bertz CT molecular complexity index is 180. The van der Waals surface area contributed by atoms with E-state index in [2.05, 4.69) is 13.8 Å². The molecule has 102 valence electrons. The van der Waals surface area contributed by atoms with Crippen molar-refractivity contribution >= 4 is 5.91 Å². The Morgan fingerprint density at radius 1 is 0.941 bits per heavy atom. The van der Waals surface area contributed by atoms with Gasteiger partial charge in [-0.15, -0.1) is 0 Å². The number of unbranched alkanes of at least 4 members (excludes halogenated alkanes) is 5. The van der Waals surface area contributed by atoms with E-state index in [1.54, 1.807) is 0 Å². The third-order valence-electron chi connectivity index (χ3n) is 3.58. The number of nitrogens with two attached hydrogens (primary N) is 1.